The fourth-order valence-corrected chi connectivity index (χ4v) is 10.0. The molecule has 0 saturated heterocycles. The summed E-state index contributed by atoms with van der Waals surface area (Å²) in [5.74, 6) is -0.935. The zero-order valence-corrected chi connectivity index (χ0v) is 23.1. The maximum absolute atomic E-state index is 12.4. The second-order valence-electron chi connectivity index (χ2n) is 13.2. The Balaban J connectivity index is 1.40. The maximum Gasteiger partial charge on any atom is 0.327 e. The fourth-order valence-electron chi connectivity index (χ4n) is 9.39. The number of hydrogen-bond donors (Lipinski definition) is 5. The lowest BCUT2D eigenvalue weighted by Crippen LogP contribution is -2.58. The Bertz CT molecular complexity index is 987. The highest BCUT2D eigenvalue weighted by molar-refractivity contribution is 7.85. The minimum Gasteiger partial charge on any atom is -0.480 e. The number of carboxylic acid groups (broad SMARTS) is 1. The Hall–Kier alpha value is -1.23. The van der Waals surface area contributed by atoms with Gasteiger partial charge in [0, 0.05) is 6.42 Å². The largest absolute Gasteiger partial charge is 0.480 e. The lowest BCUT2D eigenvalue weighted by molar-refractivity contribution is -0.174. The predicted molar refractivity (Wildman–Crippen MR) is 137 cm³/mol. The molecule has 9 nitrogen and oxygen atoms in total. The lowest BCUT2D eigenvalue weighted by atomic mass is 9.43. The van der Waals surface area contributed by atoms with E-state index in [9.17, 15) is 33.3 Å². The topological polar surface area (TPSA) is 161 Å². The summed E-state index contributed by atoms with van der Waals surface area (Å²) in [5.41, 5.74) is 0.249. The molecule has 4 rings (SSSR count). The van der Waals surface area contributed by atoms with E-state index in [1.165, 1.54) is 0 Å². The molecule has 37 heavy (non-hydrogen) atoms. The van der Waals surface area contributed by atoms with Crippen molar-refractivity contribution < 1.29 is 37.9 Å². The average Bonchev–Trinajstić information content (AvgIpc) is 3.14. The van der Waals surface area contributed by atoms with Gasteiger partial charge < -0.3 is 20.6 Å². The predicted octanol–water partition coefficient (Wildman–Crippen LogP) is 2.85. The molecule has 4 aliphatic carbocycles. The third-order valence-corrected chi connectivity index (χ3v) is 12.0. The number of nitrogens with one attached hydrogen (secondary N) is 1. The highest BCUT2D eigenvalue weighted by Gasteiger charge is 2.62. The molecule has 212 valence electrons. The van der Waals surface area contributed by atoms with E-state index >= 15 is 0 Å². The Morgan fingerprint density at radius 2 is 1.65 bits per heavy atom. The molecule has 0 aliphatic heterocycles. The van der Waals surface area contributed by atoms with Crippen LogP contribution in [0.2, 0.25) is 0 Å². The number of carbonyl (C=O) groups excluding carboxylic acids is 1. The maximum atomic E-state index is 12.4. The summed E-state index contributed by atoms with van der Waals surface area (Å²) in [6.07, 6.45) is 7.79. The van der Waals surface area contributed by atoms with E-state index in [1.807, 2.05) is 0 Å². The molecule has 4 fully saturated rings. The summed E-state index contributed by atoms with van der Waals surface area (Å²) < 4.78 is 31.1. The molecular formula is C27H45NO8S. The van der Waals surface area contributed by atoms with Gasteiger partial charge in [-0.3, -0.25) is 9.35 Å². The SMILES string of the molecule is C[C@H](CCC(=O)NC(CS(=O)(=O)O)C(=O)O)[C@H]1CC[C@H]2[C@@H]3[C@@H](O)C[C@@H]4C[C@H](O)CC[C@]4(C)[C@H]3CC[C@]12C. The van der Waals surface area contributed by atoms with Crippen LogP contribution in [-0.4, -0.2) is 64.2 Å². The Morgan fingerprint density at radius 3 is 2.30 bits per heavy atom. The third kappa shape index (κ3) is 5.58. The Labute approximate surface area is 220 Å². The summed E-state index contributed by atoms with van der Waals surface area (Å²) >= 11 is 0. The Kier molecular flexibility index (Phi) is 8.08. The van der Waals surface area contributed by atoms with E-state index in [-0.39, 0.29) is 41.3 Å². The van der Waals surface area contributed by atoms with Gasteiger partial charge in [0.25, 0.3) is 10.1 Å². The molecule has 0 aromatic carbocycles. The number of aliphatic carboxylic acids is 1. The van der Waals surface area contributed by atoms with Crippen LogP contribution in [0.1, 0.15) is 85.0 Å². The highest BCUT2D eigenvalue weighted by Crippen LogP contribution is 2.68. The first-order valence-corrected chi connectivity index (χ1v) is 15.6. The smallest absolute Gasteiger partial charge is 0.327 e. The van der Waals surface area contributed by atoms with Crippen LogP contribution >= 0.6 is 0 Å². The number of aliphatic hydroxyl groups excluding tert-OH is 2. The van der Waals surface area contributed by atoms with Crippen LogP contribution in [0.5, 0.6) is 0 Å². The standard InChI is InChI=1S/C27H45NO8S/c1-15(4-7-23(31)28-21(25(32)33)14-37(34,35)36)18-5-6-19-24-20(9-11-27(18,19)3)26(2)10-8-17(29)12-16(26)13-22(24)30/h15-22,24,29-30H,4-14H2,1-3H3,(H,28,31)(H,32,33)(H,34,35,36)/t15-,16+,17-,18-,19+,20+,21?,22+,24+,26+,27-/m1/s1. The quantitative estimate of drug-likeness (QED) is 0.292. The molecule has 0 heterocycles. The fraction of sp³-hybridized carbons (Fsp3) is 0.926. The van der Waals surface area contributed by atoms with Crippen LogP contribution in [0.15, 0.2) is 0 Å². The second kappa shape index (κ2) is 10.4. The molecule has 10 heteroatoms. The van der Waals surface area contributed by atoms with Crippen molar-refractivity contribution in [2.24, 2.45) is 46.3 Å². The van der Waals surface area contributed by atoms with E-state index in [2.05, 4.69) is 26.1 Å². The van der Waals surface area contributed by atoms with Gasteiger partial charge in [-0.05, 0) is 104 Å². The molecule has 5 N–H and O–H groups in total. The van der Waals surface area contributed by atoms with Crippen LogP contribution in [0.3, 0.4) is 0 Å². The molecule has 0 aromatic heterocycles. The lowest BCUT2D eigenvalue weighted by Gasteiger charge is -2.62. The number of aliphatic hydroxyl groups is 2. The van der Waals surface area contributed by atoms with Crippen molar-refractivity contribution in [1.29, 1.82) is 0 Å². The van der Waals surface area contributed by atoms with Crippen LogP contribution in [0, 0.1) is 46.3 Å². The molecule has 0 radical (unpaired) electrons. The number of amides is 1. The van der Waals surface area contributed by atoms with E-state index in [0.29, 0.717) is 30.1 Å². The van der Waals surface area contributed by atoms with Gasteiger partial charge in [0.2, 0.25) is 5.91 Å². The van der Waals surface area contributed by atoms with E-state index in [1.54, 1.807) is 0 Å². The van der Waals surface area contributed by atoms with Crippen molar-refractivity contribution in [2.45, 2.75) is 103 Å². The molecule has 4 saturated carbocycles. The molecular weight excluding hydrogens is 498 g/mol. The van der Waals surface area contributed by atoms with Gasteiger partial charge in [-0.2, -0.15) is 8.42 Å². The minimum atomic E-state index is -4.54. The summed E-state index contributed by atoms with van der Waals surface area (Å²) in [7, 11) is -4.54. The zero-order valence-electron chi connectivity index (χ0n) is 22.3. The van der Waals surface area contributed by atoms with Crippen LogP contribution in [-0.2, 0) is 19.7 Å². The van der Waals surface area contributed by atoms with Gasteiger partial charge in [-0.15, -0.1) is 0 Å². The van der Waals surface area contributed by atoms with Crippen molar-refractivity contribution in [3.8, 4) is 0 Å². The van der Waals surface area contributed by atoms with Gasteiger partial charge >= 0.3 is 5.97 Å². The summed E-state index contributed by atoms with van der Waals surface area (Å²) in [5, 5.41) is 33.1. The average molecular weight is 544 g/mol. The second-order valence-corrected chi connectivity index (χ2v) is 14.7. The van der Waals surface area contributed by atoms with Gasteiger partial charge in [0.15, 0.2) is 0 Å². The number of fused-ring (bicyclic) bond motifs is 5. The number of hydrogen-bond acceptors (Lipinski definition) is 6. The van der Waals surface area contributed by atoms with E-state index < -0.39 is 33.8 Å². The van der Waals surface area contributed by atoms with Crippen LogP contribution in [0.4, 0.5) is 0 Å². The molecule has 1 amide bonds. The van der Waals surface area contributed by atoms with Gasteiger partial charge in [-0.25, -0.2) is 4.79 Å². The van der Waals surface area contributed by atoms with Crippen molar-refractivity contribution >= 4 is 22.0 Å². The molecule has 11 atom stereocenters. The monoisotopic (exact) mass is 543 g/mol. The third-order valence-electron chi connectivity index (χ3n) is 11.3. The number of carboxylic acids is 1. The number of carbonyl (C=O) groups is 2. The molecule has 0 aromatic rings. The first-order chi connectivity index (χ1) is 17.2. The molecule has 4 aliphatic rings. The molecule has 0 bridgehead atoms. The van der Waals surface area contributed by atoms with E-state index in [0.717, 1.165) is 51.4 Å². The first-order valence-electron chi connectivity index (χ1n) is 14.0. The van der Waals surface area contributed by atoms with E-state index in [4.69, 9.17) is 4.55 Å². The van der Waals surface area contributed by atoms with Gasteiger partial charge in [0.1, 0.15) is 11.8 Å². The van der Waals surface area contributed by atoms with Gasteiger partial charge in [0.05, 0.1) is 12.2 Å². The summed E-state index contributed by atoms with van der Waals surface area (Å²) in [4.78, 5) is 23.8. The highest BCUT2D eigenvalue weighted by atomic mass is 32.2. The summed E-state index contributed by atoms with van der Waals surface area (Å²) in [6, 6.07) is -1.68. The minimum absolute atomic E-state index is 0.0734. The zero-order chi connectivity index (χ0) is 27.3. The van der Waals surface area contributed by atoms with Crippen molar-refractivity contribution in [3.05, 3.63) is 0 Å². The molecule has 1 unspecified atom stereocenters. The normalized spacial score (nSPS) is 43.1. The molecule has 0 spiro atoms. The van der Waals surface area contributed by atoms with Crippen molar-refractivity contribution in [3.63, 3.8) is 0 Å². The van der Waals surface area contributed by atoms with Crippen LogP contribution in [0.25, 0.3) is 0 Å². The van der Waals surface area contributed by atoms with Gasteiger partial charge in [-0.1, -0.05) is 20.8 Å². The first kappa shape index (κ1) is 28.8. The van der Waals surface area contributed by atoms with Crippen molar-refractivity contribution in [2.75, 3.05) is 5.75 Å². The van der Waals surface area contributed by atoms with Crippen molar-refractivity contribution in [1.82, 2.24) is 5.32 Å². The number of rotatable bonds is 8. The van der Waals surface area contributed by atoms with Crippen LogP contribution < -0.4 is 5.32 Å². The Morgan fingerprint density at radius 1 is 1.00 bits per heavy atom. The summed E-state index contributed by atoms with van der Waals surface area (Å²) in [6.45, 7) is 6.90.